The standard InChI is InChI=1S/C12H17BF3O.K/c1-4-10(5-2)17-12-7-6-9(3)8-11(12)13(14,15)16;/h6-8,10H,4-5H2,1-3H3;/q-1;+1. The fourth-order valence-electron chi connectivity index (χ4n) is 1.67. The first kappa shape index (κ1) is 18.5. The predicted molar refractivity (Wildman–Crippen MR) is 64.9 cm³/mol. The number of benzene rings is 1. The van der Waals surface area contributed by atoms with Crippen LogP contribution in [-0.4, -0.2) is 13.1 Å². The molecule has 0 aliphatic rings. The molecule has 0 fully saturated rings. The quantitative estimate of drug-likeness (QED) is 0.720. The Kier molecular flexibility index (Phi) is 8.17. The van der Waals surface area contributed by atoms with E-state index in [4.69, 9.17) is 4.74 Å². The number of hydrogen-bond donors (Lipinski definition) is 0. The van der Waals surface area contributed by atoms with Gasteiger partial charge in [0.25, 0.3) is 0 Å². The van der Waals surface area contributed by atoms with Crippen molar-refractivity contribution >= 4 is 12.4 Å². The molecule has 18 heavy (non-hydrogen) atoms. The van der Waals surface area contributed by atoms with E-state index in [-0.39, 0.29) is 63.2 Å². The fraction of sp³-hybridized carbons (Fsp3) is 0.500. The van der Waals surface area contributed by atoms with Crippen LogP contribution in [0.5, 0.6) is 5.75 Å². The maximum atomic E-state index is 12.9. The maximum absolute atomic E-state index is 12.9. The molecule has 0 aromatic heterocycles. The summed E-state index contributed by atoms with van der Waals surface area (Å²) in [4.78, 5) is 0. The van der Waals surface area contributed by atoms with Crippen molar-refractivity contribution in [1.29, 1.82) is 0 Å². The van der Waals surface area contributed by atoms with Gasteiger partial charge in [-0.25, -0.2) is 0 Å². The smallest absolute Gasteiger partial charge is 0.493 e. The molecule has 0 bridgehead atoms. The Morgan fingerprint density at radius 3 is 2.17 bits per heavy atom. The van der Waals surface area contributed by atoms with Crippen LogP contribution in [0.15, 0.2) is 18.2 Å². The van der Waals surface area contributed by atoms with E-state index in [1.54, 1.807) is 13.0 Å². The SMILES string of the molecule is CCC(CC)Oc1ccc(C)cc1[B-](F)(F)F.[K+]. The zero-order valence-corrected chi connectivity index (χ0v) is 14.5. The number of hydrogen-bond acceptors (Lipinski definition) is 1. The van der Waals surface area contributed by atoms with Crippen molar-refractivity contribution in [3.63, 3.8) is 0 Å². The van der Waals surface area contributed by atoms with Crippen LogP contribution in [0.3, 0.4) is 0 Å². The molecule has 0 aliphatic carbocycles. The number of aryl methyl sites for hydroxylation is 1. The van der Waals surface area contributed by atoms with Crippen LogP contribution in [0.4, 0.5) is 12.9 Å². The van der Waals surface area contributed by atoms with Gasteiger partial charge < -0.3 is 17.7 Å². The zero-order valence-electron chi connectivity index (χ0n) is 11.3. The minimum absolute atomic E-state index is 0. The van der Waals surface area contributed by atoms with Gasteiger partial charge in [-0.05, 0) is 25.8 Å². The molecule has 0 amide bonds. The van der Waals surface area contributed by atoms with E-state index in [1.165, 1.54) is 6.07 Å². The van der Waals surface area contributed by atoms with Crippen molar-refractivity contribution < 1.29 is 69.1 Å². The predicted octanol–water partition coefficient (Wildman–Crippen LogP) is 0.621. The van der Waals surface area contributed by atoms with E-state index in [2.05, 4.69) is 0 Å². The Morgan fingerprint density at radius 1 is 1.17 bits per heavy atom. The molecule has 1 aromatic carbocycles. The molecule has 0 spiro atoms. The van der Waals surface area contributed by atoms with Crippen molar-refractivity contribution in [3.8, 4) is 5.75 Å². The van der Waals surface area contributed by atoms with Gasteiger partial charge in [0.15, 0.2) is 0 Å². The molecule has 0 unspecified atom stereocenters. The summed E-state index contributed by atoms with van der Waals surface area (Å²) in [6.45, 7) is 0.428. The average molecular weight is 284 g/mol. The fourth-order valence-corrected chi connectivity index (χ4v) is 1.67. The van der Waals surface area contributed by atoms with Crippen molar-refractivity contribution in [2.75, 3.05) is 0 Å². The molecular weight excluding hydrogens is 267 g/mol. The first-order chi connectivity index (χ1) is 7.88. The van der Waals surface area contributed by atoms with Crippen molar-refractivity contribution in [1.82, 2.24) is 0 Å². The summed E-state index contributed by atoms with van der Waals surface area (Å²) in [5.74, 6) is -0.0446. The Bertz CT molecular complexity index is 378. The maximum Gasteiger partial charge on any atom is 1.00 e. The van der Waals surface area contributed by atoms with Gasteiger partial charge in [0.05, 0.1) is 11.9 Å². The van der Waals surface area contributed by atoms with Crippen LogP contribution in [0.1, 0.15) is 32.3 Å². The molecule has 0 atom stereocenters. The zero-order chi connectivity index (χ0) is 13.1. The van der Waals surface area contributed by atoms with Crippen molar-refractivity contribution in [2.24, 2.45) is 0 Å². The van der Waals surface area contributed by atoms with Gasteiger partial charge in [0.2, 0.25) is 0 Å². The van der Waals surface area contributed by atoms with Gasteiger partial charge in [0, 0.05) is 0 Å². The normalized spacial score (nSPS) is 11.3. The minimum Gasteiger partial charge on any atom is -0.493 e. The summed E-state index contributed by atoms with van der Waals surface area (Å²) in [6, 6.07) is 4.21. The molecular formula is C12H17BF3KO. The topological polar surface area (TPSA) is 9.23 Å². The first-order valence-electron chi connectivity index (χ1n) is 5.85. The summed E-state index contributed by atoms with van der Waals surface area (Å²) in [6.07, 6.45) is 1.25. The third kappa shape index (κ3) is 5.25. The molecule has 0 aliphatic heterocycles. The van der Waals surface area contributed by atoms with Gasteiger partial charge in [0.1, 0.15) is 0 Å². The van der Waals surface area contributed by atoms with Gasteiger partial charge in [-0.2, -0.15) is 0 Å². The van der Waals surface area contributed by atoms with E-state index in [0.29, 0.717) is 18.4 Å². The molecule has 0 radical (unpaired) electrons. The molecule has 6 heteroatoms. The van der Waals surface area contributed by atoms with Crippen LogP contribution >= 0.6 is 0 Å². The number of halogens is 3. The average Bonchev–Trinajstić information content (AvgIpc) is 2.26. The second kappa shape index (κ2) is 7.95. The second-order valence-electron chi connectivity index (χ2n) is 4.17. The van der Waals surface area contributed by atoms with Gasteiger partial charge in [-0.1, -0.05) is 37.0 Å². The van der Waals surface area contributed by atoms with Crippen LogP contribution in [0.25, 0.3) is 0 Å². The van der Waals surface area contributed by atoms with Crippen molar-refractivity contribution in [3.05, 3.63) is 23.8 Å². The molecule has 1 rings (SSSR count). The molecule has 0 N–H and O–H groups in total. The number of rotatable bonds is 5. The van der Waals surface area contributed by atoms with Gasteiger partial charge in [-0.3, -0.25) is 0 Å². The Balaban J connectivity index is 0.00000289. The molecule has 96 valence electrons. The summed E-state index contributed by atoms with van der Waals surface area (Å²) in [5, 5.41) is 0. The number of ether oxygens (including phenoxy) is 1. The molecule has 1 nitrogen and oxygen atoms in total. The van der Waals surface area contributed by atoms with E-state index in [1.807, 2.05) is 13.8 Å². The van der Waals surface area contributed by atoms with E-state index in [0.717, 1.165) is 6.07 Å². The summed E-state index contributed by atoms with van der Waals surface area (Å²) >= 11 is 0. The summed E-state index contributed by atoms with van der Waals surface area (Å²) in [5.41, 5.74) is -0.0343. The van der Waals surface area contributed by atoms with Crippen LogP contribution in [0, 0.1) is 6.92 Å². The Morgan fingerprint density at radius 2 is 1.72 bits per heavy atom. The van der Waals surface area contributed by atoms with Gasteiger partial charge in [-0.15, -0.1) is 0 Å². The molecule has 1 aromatic rings. The van der Waals surface area contributed by atoms with Crippen LogP contribution < -0.4 is 61.6 Å². The van der Waals surface area contributed by atoms with Crippen LogP contribution in [-0.2, 0) is 0 Å². The molecule has 0 saturated heterocycles. The Hall–Kier alpha value is 0.511. The first-order valence-corrected chi connectivity index (χ1v) is 5.85. The monoisotopic (exact) mass is 284 g/mol. The third-order valence-electron chi connectivity index (χ3n) is 2.72. The minimum atomic E-state index is -5.02. The molecule has 0 heterocycles. The van der Waals surface area contributed by atoms with Crippen LogP contribution in [0.2, 0.25) is 0 Å². The van der Waals surface area contributed by atoms with Crippen molar-refractivity contribution in [2.45, 2.75) is 39.7 Å². The Labute approximate surface area is 149 Å². The van der Waals surface area contributed by atoms with E-state index in [9.17, 15) is 12.9 Å². The van der Waals surface area contributed by atoms with Gasteiger partial charge >= 0.3 is 58.4 Å². The summed E-state index contributed by atoms with van der Waals surface area (Å²) < 4.78 is 44.0. The largest absolute Gasteiger partial charge is 1.00 e. The van der Waals surface area contributed by atoms with E-state index >= 15 is 0 Å². The van der Waals surface area contributed by atoms with E-state index < -0.39 is 12.4 Å². The second-order valence-corrected chi connectivity index (χ2v) is 4.17. The third-order valence-corrected chi connectivity index (χ3v) is 2.72. The summed E-state index contributed by atoms with van der Waals surface area (Å²) in [7, 11) is 0. The molecule has 0 saturated carbocycles.